The van der Waals surface area contributed by atoms with Gasteiger partial charge in [-0.15, -0.1) is 0 Å². The van der Waals surface area contributed by atoms with Gasteiger partial charge in [0, 0.05) is 6.92 Å². The largest absolute Gasteiger partial charge is 0.347 e. The van der Waals surface area contributed by atoms with Gasteiger partial charge >= 0.3 is 0 Å². The van der Waals surface area contributed by atoms with E-state index in [9.17, 15) is 9.59 Å². The van der Waals surface area contributed by atoms with E-state index in [1.54, 1.807) is 18.2 Å². The Morgan fingerprint density at radius 1 is 1.47 bits per heavy atom. The number of carbonyl (C=O) groups excluding carboxylic acids is 2. The molecule has 1 rings (SSSR count). The SMILES string of the molecule is CC(=O)NCC(=O)Nc1cccc(Cl)n1. The van der Waals surface area contributed by atoms with E-state index >= 15 is 0 Å². The van der Waals surface area contributed by atoms with Crippen LogP contribution in [0.15, 0.2) is 18.2 Å². The molecule has 0 aliphatic heterocycles. The standard InChI is InChI=1S/C9H10ClN3O2/c1-6(14)11-5-9(15)13-8-4-2-3-7(10)12-8/h2-4H,5H2,1H3,(H,11,14)(H,12,13,15). The van der Waals surface area contributed by atoms with Crippen molar-refractivity contribution >= 4 is 29.2 Å². The third-order valence-corrected chi connectivity index (χ3v) is 1.69. The molecule has 0 aliphatic rings. The van der Waals surface area contributed by atoms with Crippen LogP contribution < -0.4 is 10.6 Å². The minimum atomic E-state index is -0.347. The molecular formula is C9H10ClN3O2. The van der Waals surface area contributed by atoms with Crippen LogP contribution in [-0.4, -0.2) is 23.3 Å². The topological polar surface area (TPSA) is 71.1 Å². The van der Waals surface area contributed by atoms with Crippen molar-refractivity contribution < 1.29 is 9.59 Å². The zero-order valence-corrected chi connectivity index (χ0v) is 8.84. The van der Waals surface area contributed by atoms with Crippen LogP contribution in [0.25, 0.3) is 0 Å². The number of hydrogen-bond acceptors (Lipinski definition) is 3. The average Bonchev–Trinajstić information content (AvgIpc) is 2.15. The lowest BCUT2D eigenvalue weighted by atomic mass is 10.4. The van der Waals surface area contributed by atoms with Gasteiger partial charge in [0.1, 0.15) is 11.0 Å². The molecule has 0 aliphatic carbocycles. The van der Waals surface area contributed by atoms with Crippen LogP contribution in [-0.2, 0) is 9.59 Å². The van der Waals surface area contributed by atoms with Crippen molar-refractivity contribution in [3.63, 3.8) is 0 Å². The first kappa shape index (κ1) is 11.5. The molecule has 80 valence electrons. The molecule has 2 amide bonds. The third kappa shape index (κ3) is 4.42. The smallest absolute Gasteiger partial charge is 0.244 e. The maximum absolute atomic E-state index is 11.2. The second-order valence-electron chi connectivity index (χ2n) is 2.80. The Bertz CT molecular complexity index is 381. The predicted molar refractivity (Wildman–Crippen MR) is 56.6 cm³/mol. The Hall–Kier alpha value is -1.62. The normalized spacial score (nSPS) is 9.47. The summed E-state index contributed by atoms with van der Waals surface area (Å²) < 4.78 is 0. The van der Waals surface area contributed by atoms with Crippen molar-refractivity contribution in [3.8, 4) is 0 Å². The second kappa shape index (κ2) is 5.31. The number of hydrogen-bond donors (Lipinski definition) is 2. The van der Waals surface area contributed by atoms with Crippen molar-refractivity contribution in [3.05, 3.63) is 23.4 Å². The lowest BCUT2D eigenvalue weighted by Gasteiger charge is -2.04. The molecule has 0 spiro atoms. The van der Waals surface area contributed by atoms with Gasteiger partial charge in [-0.2, -0.15) is 0 Å². The monoisotopic (exact) mass is 227 g/mol. The van der Waals surface area contributed by atoms with Crippen LogP contribution in [0.5, 0.6) is 0 Å². The molecule has 15 heavy (non-hydrogen) atoms. The average molecular weight is 228 g/mol. The van der Waals surface area contributed by atoms with Crippen LogP contribution in [0.3, 0.4) is 0 Å². The molecule has 5 nitrogen and oxygen atoms in total. The van der Waals surface area contributed by atoms with Gasteiger partial charge in [0.2, 0.25) is 11.8 Å². The summed E-state index contributed by atoms with van der Waals surface area (Å²) in [5, 5.41) is 5.16. The molecule has 0 radical (unpaired) electrons. The van der Waals surface area contributed by atoms with Crippen LogP contribution in [0.4, 0.5) is 5.82 Å². The number of aromatic nitrogens is 1. The van der Waals surface area contributed by atoms with Crippen molar-refractivity contribution in [2.45, 2.75) is 6.92 Å². The number of anilines is 1. The first-order valence-electron chi connectivity index (χ1n) is 4.25. The van der Waals surface area contributed by atoms with E-state index in [0.29, 0.717) is 11.0 Å². The Labute approximate surface area is 91.8 Å². The summed E-state index contributed by atoms with van der Waals surface area (Å²) in [6.07, 6.45) is 0. The highest BCUT2D eigenvalue weighted by Gasteiger charge is 2.03. The number of nitrogens with zero attached hydrogens (tertiary/aromatic N) is 1. The molecule has 0 saturated heterocycles. The number of pyridine rings is 1. The van der Waals surface area contributed by atoms with Crippen LogP contribution in [0.2, 0.25) is 5.15 Å². The van der Waals surface area contributed by atoms with Gasteiger partial charge in [-0.1, -0.05) is 17.7 Å². The molecule has 0 unspecified atom stereocenters. The molecule has 0 atom stereocenters. The van der Waals surface area contributed by atoms with Gasteiger partial charge in [0.05, 0.1) is 6.54 Å². The Kier molecular flexibility index (Phi) is 4.05. The molecule has 1 aromatic rings. The molecule has 1 heterocycles. The van der Waals surface area contributed by atoms with E-state index in [2.05, 4.69) is 15.6 Å². The summed E-state index contributed by atoms with van der Waals surface area (Å²) in [5.74, 6) is -0.248. The fourth-order valence-electron chi connectivity index (χ4n) is 0.870. The molecule has 2 N–H and O–H groups in total. The fourth-order valence-corrected chi connectivity index (χ4v) is 1.03. The van der Waals surface area contributed by atoms with Crippen molar-refractivity contribution in [1.82, 2.24) is 10.3 Å². The maximum atomic E-state index is 11.2. The van der Waals surface area contributed by atoms with E-state index in [0.717, 1.165) is 0 Å². The Morgan fingerprint density at radius 2 is 2.20 bits per heavy atom. The van der Waals surface area contributed by atoms with Gasteiger partial charge in [-0.3, -0.25) is 9.59 Å². The van der Waals surface area contributed by atoms with Gasteiger partial charge in [0.15, 0.2) is 0 Å². The minimum absolute atomic E-state index is 0.0798. The summed E-state index contributed by atoms with van der Waals surface area (Å²) >= 11 is 5.62. The summed E-state index contributed by atoms with van der Waals surface area (Å²) in [5.41, 5.74) is 0. The summed E-state index contributed by atoms with van der Waals surface area (Å²) in [7, 11) is 0. The van der Waals surface area contributed by atoms with E-state index in [1.807, 2.05) is 0 Å². The Morgan fingerprint density at radius 3 is 2.80 bits per heavy atom. The van der Waals surface area contributed by atoms with E-state index in [-0.39, 0.29) is 18.4 Å². The molecule has 6 heteroatoms. The van der Waals surface area contributed by atoms with Gasteiger partial charge in [0.25, 0.3) is 0 Å². The van der Waals surface area contributed by atoms with Crippen LogP contribution >= 0.6 is 11.6 Å². The first-order chi connectivity index (χ1) is 7.08. The lowest BCUT2D eigenvalue weighted by molar-refractivity contribution is -0.122. The molecule has 0 aromatic carbocycles. The highest BCUT2D eigenvalue weighted by atomic mass is 35.5. The minimum Gasteiger partial charge on any atom is -0.347 e. The highest BCUT2D eigenvalue weighted by Crippen LogP contribution is 2.08. The summed E-state index contributed by atoms with van der Waals surface area (Å²) in [4.78, 5) is 25.6. The third-order valence-electron chi connectivity index (χ3n) is 1.48. The van der Waals surface area contributed by atoms with Crippen molar-refractivity contribution in [2.24, 2.45) is 0 Å². The van der Waals surface area contributed by atoms with E-state index in [1.165, 1.54) is 6.92 Å². The number of nitrogens with one attached hydrogen (secondary N) is 2. The predicted octanol–water partition coefficient (Wildman–Crippen LogP) is 0.810. The second-order valence-corrected chi connectivity index (χ2v) is 3.19. The quantitative estimate of drug-likeness (QED) is 0.751. The van der Waals surface area contributed by atoms with Crippen LogP contribution in [0, 0.1) is 0 Å². The van der Waals surface area contributed by atoms with Gasteiger partial charge in [-0.05, 0) is 12.1 Å². The number of amides is 2. The summed E-state index contributed by atoms with van der Waals surface area (Å²) in [6.45, 7) is 1.26. The number of halogens is 1. The van der Waals surface area contributed by atoms with Gasteiger partial charge in [-0.25, -0.2) is 4.98 Å². The van der Waals surface area contributed by atoms with Crippen LogP contribution in [0.1, 0.15) is 6.92 Å². The summed E-state index contributed by atoms with van der Waals surface area (Å²) in [6, 6.07) is 4.88. The molecule has 1 aromatic heterocycles. The molecule has 0 fully saturated rings. The van der Waals surface area contributed by atoms with E-state index < -0.39 is 0 Å². The molecular weight excluding hydrogens is 218 g/mol. The number of carbonyl (C=O) groups is 2. The lowest BCUT2D eigenvalue weighted by Crippen LogP contribution is -2.31. The van der Waals surface area contributed by atoms with Crippen molar-refractivity contribution in [2.75, 3.05) is 11.9 Å². The zero-order valence-electron chi connectivity index (χ0n) is 8.08. The van der Waals surface area contributed by atoms with Gasteiger partial charge < -0.3 is 10.6 Å². The highest BCUT2D eigenvalue weighted by molar-refractivity contribution is 6.29. The van der Waals surface area contributed by atoms with Crippen molar-refractivity contribution in [1.29, 1.82) is 0 Å². The fraction of sp³-hybridized carbons (Fsp3) is 0.222. The Balaban J connectivity index is 2.48. The first-order valence-corrected chi connectivity index (χ1v) is 4.62. The number of rotatable bonds is 3. The molecule has 0 saturated carbocycles. The maximum Gasteiger partial charge on any atom is 0.244 e. The molecule has 0 bridgehead atoms. The zero-order chi connectivity index (χ0) is 11.3. The van der Waals surface area contributed by atoms with E-state index in [4.69, 9.17) is 11.6 Å².